The van der Waals surface area contributed by atoms with E-state index in [2.05, 4.69) is 10.3 Å². The summed E-state index contributed by atoms with van der Waals surface area (Å²) in [5.41, 5.74) is 1.90. The van der Waals surface area contributed by atoms with E-state index in [9.17, 15) is 9.90 Å². The fraction of sp³-hybridized carbons (Fsp3) is 0.136. The zero-order chi connectivity index (χ0) is 21.4. The average Bonchev–Trinajstić information content (AvgIpc) is 3.03. The van der Waals surface area contributed by atoms with Crippen LogP contribution in [0, 0.1) is 5.82 Å². The summed E-state index contributed by atoms with van der Waals surface area (Å²) in [7, 11) is 1.49. The van der Waals surface area contributed by atoms with Gasteiger partial charge in [0.15, 0.2) is 5.82 Å². The van der Waals surface area contributed by atoms with Gasteiger partial charge in [0, 0.05) is 16.5 Å². The van der Waals surface area contributed by atoms with Crippen molar-refractivity contribution in [3.8, 4) is 17.0 Å². The van der Waals surface area contributed by atoms with E-state index in [-0.39, 0.29) is 17.2 Å². The van der Waals surface area contributed by atoms with Crippen molar-refractivity contribution < 1.29 is 19.0 Å². The van der Waals surface area contributed by atoms with Crippen molar-refractivity contribution >= 4 is 51.2 Å². The number of carbonyl (C=O) groups is 1. The van der Waals surface area contributed by atoms with E-state index in [1.807, 2.05) is 0 Å². The molecule has 0 bridgehead atoms. The predicted molar refractivity (Wildman–Crippen MR) is 121 cm³/mol. The molecule has 1 aliphatic rings. The number of carbonyl (C=O) groups excluding carboxylic acids is 1. The number of hydrogen-bond donors (Lipinski definition) is 2. The van der Waals surface area contributed by atoms with Gasteiger partial charge in [-0.2, -0.15) is 0 Å². The molecule has 4 rings (SSSR count). The van der Waals surface area contributed by atoms with Gasteiger partial charge in [-0.1, -0.05) is 48.2 Å². The maximum Gasteiger partial charge on any atom is 0.263 e. The molecule has 1 aliphatic heterocycles. The molecule has 1 aromatic heterocycles. The Hall–Kier alpha value is -2.81. The summed E-state index contributed by atoms with van der Waals surface area (Å²) in [6, 6.07) is 12.2. The maximum absolute atomic E-state index is 15.5. The highest BCUT2D eigenvalue weighted by atomic mass is 32.2. The van der Waals surface area contributed by atoms with Gasteiger partial charge in [0.2, 0.25) is 0 Å². The Morgan fingerprint density at radius 3 is 2.73 bits per heavy atom. The molecule has 0 radical (unpaired) electrons. The van der Waals surface area contributed by atoms with Gasteiger partial charge in [-0.05, 0) is 36.8 Å². The fourth-order valence-electron chi connectivity index (χ4n) is 3.37. The average molecular weight is 441 g/mol. The molecule has 1 fully saturated rings. The summed E-state index contributed by atoms with van der Waals surface area (Å²) in [6.07, 6.45) is 0.657. The fourth-order valence-corrected chi connectivity index (χ4v) is 4.42. The molecular weight excluding hydrogens is 423 g/mol. The number of amides is 1. The van der Waals surface area contributed by atoms with E-state index >= 15 is 4.39 Å². The lowest BCUT2D eigenvalue weighted by Gasteiger charge is -2.16. The third-order valence-electron chi connectivity index (χ3n) is 4.71. The summed E-state index contributed by atoms with van der Waals surface area (Å²) in [6.45, 7) is 1.52. The van der Waals surface area contributed by atoms with Crippen molar-refractivity contribution in [1.82, 2.24) is 10.3 Å². The standard InChI is InChI=1S/C22H17FN2O3S2/c1-11(26)18-13-5-3-4-6-15(13)24-20(19(18)23)14-9-12(7-8-16(14)28-2)10-17-21(27)25-22(29)30-17/h3-11,26H,1-2H3,(H,25,27,29). The minimum atomic E-state index is -1.02. The first-order valence-corrected chi connectivity index (χ1v) is 10.3. The molecule has 2 aromatic carbocycles. The summed E-state index contributed by atoms with van der Waals surface area (Å²) >= 11 is 6.19. The SMILES string of the molecule is COc1ccc(C=C2SC(=S)NC2=O)cc1-c1nc2ccccc2c(C(C)O)c1F. The normalized spacial score (nSPS) is 16.2. The largest absolute Gasteiger partial charge is 0.496 e. The number of nitrogens with one attached hydrogen (secondary N) is 1. The van der Waals surface area contributed by atoms with Crippen molar-refractivity contribution in [1.29, 1.82) is 0 Å². The van der Waals surface area contributed by atoms with Gasteiger partial charge < -0.3 is 15.2 Å². The molecule has 0 aliphatic carbocycles. The summed E-state index contributed by atoms with van der Waals surface area (Å²) in [4.78, 5) is 16.9. The number of hydrogen-bond acceptors (Lipinski definition) is 6. The number of methoxy groups -OCH3 is 1. The van der Waals surface area contributed by atoms with Gasteiger partial charge in [-0.15, -0.1) is 0 Å². The predicted octanol–water partition coefficient (Wildman–Crippen LogP) is 4.59. The van der Waals surface area contributed by atoms with Crippen LogP contribution >= 0.6 is 24.0 Å². The molecule has 3 aromatic rings. The second kappa shape index (κ2) is 8.14. The van der Waals surface area contributed by atoms with Crippen LogP contribution in [0.3, 0.4) is 0 Å². The monoisotopic (exact) mass is 440 g/mol. The molecule has 152 valence electrons. The Bertz CT molecular complexity index is 1220. The second-order valence-corrected chi connectivity index (χ2v) is 8.41. The third-order valence-corrected chi connectivity index (χ3v) is 5.87. The zero-order valence-corrected chi connectivity index (χ0v) is 17.7. The Labute approximate surface area is 182 Å². The molecule has 0 spiro atoms. The molecule has 1 amide bonds. The summed E-state index contributed by atoms with van der Waals surface area (Å²) in [5.74, 6) is -0.454. The number of nitrogens with zero attached hydrogens (tertiary/aromatic N) is 1. The lowest BCUT2D eigenvalue weighted by Crippen LogP contribution is -2.17. The van der Waals surface area contributed by atoms with Gasteiger partial charge in [-0.3, -0.25) is 4.79 Å². The number of thiocarbonyl (C=S) groups is 1. The number of aliphatic hydroxyl groups is 1. The smallest absolute Gasteiger partial charge is 0.263 e. The van der Waals surface area contributed by atoms with Crippen LogP contribution in [0.1, 0.15) is 24.2 Å². The number of fused-ring (bicyclic) bond motifs is 1. The molecule has 1 unspecified atom stereocenters. The topological polar surface area (TPSA) is 71.5 Å². The van der Waals surface area contributed by atoms with Crippen LogP contribution in [0.25, 0.3) is 28.2 Å². The van der Waals surface area contributed by atoms with Crippen molar-refractivity contribution in [2.24, 2.45) is 0 Å². The molecule has 5 nitrogen and oxygen atoms in total. The molecular formula is C22H17FN2O3S2. The van der Waals surface area contributed by atoms with Crippen molar-refractivity contribution in [3.63, 3.8) is 0 Å². The molecule has 2 N–H and O–H groups in total. The second-order valence-electron chi connectivity index (χ2n) is 6.69. The number of thioether (sulfide) groups is 1. The number of halogens is 1. The van der Waals surface area contributed by atoms with E-state index in [4.69, 9.17) is 17.0 Å². The van der Waals surface area contributed by atoms with Gasteiger partial charge in [0.05, 0.1) is 23.6 Å². The highest BCUT2D eigenvalue weighted by molar-refractivity contribution is 8.26. The minimum absolute atomic E-state index is 0.0701. The number of ether oxygens (including phenoxy) is 1. The number of aromatic nitrogens is 1. The number of benzene rings is 2. The maximum atomic E-state index is 15.5. The number of aliphatic hydroxyl groups excluding tert-OH is 1. The van der Waals surface area contributed by atoms with Gasteiger partial charge in [0.1, 0.15) is 15.8 Å². The molecule has 1 atom stereocenters. The highest BCUT2D eigenvalue weighted by Crippen LogP contribution is 2.37. The molecule has 0 saturated carbocycles. The molecule has 30 heavy (non-hydrogen) atoms. The molecule has 8 heteroatoms. The lowest BCUT2D eigenvalue weighted by atomic mass is 9.98. The Morgan fingerprint density at radius 1 is 1.30 bits per heavy atom. The molecule has 1 saturated heterocycles. The van der Waals surface area contributed by atoms with Gasteiger partial charge in [-0.25, -0.2) is 9.37 Å². The first-order valence-electron chi connectivity index (χ1n) is 9.08. The van der Waals surface area contributed by atoms with E-state index in [0.29, 0.717) is 37.0 Å². The summed E-state index contributed by atoms with van der Waals surface area (Å²) in [5, 5.41) is 13.4. The first kappa shape index (κ1) is 20.5. The number of pyridine rings is 1. The lowest BCUT2D eigenvalue weighted by molar-refractivity contribution is -0.115. The van der Waals surface area contributed by atoms with Crippen LogP contribution in [0.4, 0.5) is 4.39 Å². The van der Waals surface area contributed by atoms with Crippen LogP contribution in [-0.4, -0.2) is 27.4 Å². The quantitative estimate of drug-likeness (QED) is 0.457. The summed E-state index contributed by atoms with van der Waals surface area (Å²) < 4.78 is 21.4. The number of para-hydroxylation sites is 1. The van der Waals surface area contributed by atoms with Crippen LogP contribution in [-0.2, 0) is 4.79 Å². The van der Waals surface area contributed by atoms with E-state index in [1.54, 1.807) is 48.5 Å². The number of rotatable bonds is 4. The Morgan fingerprint density at radius 2 is 2.07 bits per heavy atom. The first-order chi connectivity index (χ1) is 14.4. The van der Waals surface area contributed by atoms with E-state index < -0.39 is 11.9 Å². The van der Waals surface area contributed by atoms with Crippen molar-refractivity contribution in [3.05, 3.63) is 64.3 Å². The highest BCUT2D eigenvalue weighted by Gasteiger charge is 2.24. The molecule has 2 heterocycles. The van der Waals surface area contributed by atoms with Gasteiger partial charge in [0.25, 0.3) is 5.91 Å². The zero-order valence-electron chi connectivity index (χ0n) is 16.1. The Kier molecular flexibility index (Phi) is 5.55. The van der Waals surface area contributed by atoms with Crippen LogP contribution in [0.5, 0.6) is 5.75 Å². The van der Waals surface area contributed by atoms with Crippen LogP contribution in [0.2, 0.25) is 0 Å². The Balaban J connectivity index is 1.93. The van der Waals surface area contributed by atoms with Crippen LogP contribution < -0.4 is 10.1 Å². The van der Waals surface area contributed by atoms with Crippen LogP contribution in [0.15, 0.2) is 47.4 Å². The van der Waals surface area contributed by atoms with E-state index in [1.165, 1.54) is 25.8 Å². The van der Waals surface area contributed by atoms with E-state index in [0.717, 1.165) is 0 Å². The third kappa shape index (κ3) is 3.69. The van der Waals surface area contributed by atoms with Crippen molar-refractivity contribution in [2.75, 3.05) is 7.11 Å². The minimum Gasteiger partial charge on any atom is -0.496 e. The van der Waals surface area contributed by atoms with Gasteiger partial charge >= 0.3 is 0 Å². The van der Waals surface area contributed by atoms with Crippen molar-refractivity contribution in [2.45, 2.75) is 13.0 Å².